The molecule has 2 rings (SSSR count). The van der Waals surface area contributed by atoms with Gasteiger partial charge in [0.05, 0.1) is 12.5 Å². The quantitative estimate of drug-likeness (QED) is 0.395. The molecule has 27 heavy (non-hydrogen) atoms. The highest BCUT2D eigenvalue weighted by Gasteiger charge is 2.42. The maximum absolute atomic E-state index is 13.1. The van der Waals surface area contributed by atoms with Gasteiger partial charge in [0.25, 0.3) is 0 Å². The Kier molecular flexibility index (Phi) is 7.63. The van der Waals surface area contributed by atoms with E-state index in [1.54, 1.807) is 0 Å². The third-order valence-corrected chi connectivity index (χ3v) is 5.75. The third kappa shape index (κ3) is 4.80. The topological polar surface area (TPSA) is 136 Å². The van der Waals surface area contributed by atoms with E-state index >= 15 is 0 Å². The van der Waals surface area contributed by atoms with E-state index in [0.717, 1.165) is 6.42 Å². The highest BCUT2D eigenvalue weighted by molar-refractivity contribution is 6.43. The van der Waals surface area contributed by atoms with Gasteiger partial charge in [-0.05, 0) is 31.6 Å². The lowest BCUT2D eigenvalue weighted by molar-refractivity contribution is -0.141. The Hall–Kier alpha value is -1.65. The summed E-state index contributed by atoms with van der Waals surface area (Å²) in [6.07, 6.45) is 3.15. The van der Waals surface area contributed by atoms with Crippen LogP contribution in [0.1, 0.15) is 46.0 Å². The molecule has 0 aromatic rings. The van der Waals surface area contributed by atoms with Crippen molar-refractivity contribution in [1.82, 2.24) is 15.1 Å². The first kappa shape index (κ1) is 21.7. The number of amides is 3. The summed E-state index contributed by atoms with van der Waals surface area (Å²) in [6.45, 7) is 4.58. The number of likely N-dealkylation sites (tertiary alicyclic amines) is 2. The van der Waals surface area contributed by atoms with E-state index in [4.69, 9.17) is 5.73 Å². The third-order valence-electron chi connectivity index (χ3n) is 5.75. The lowest BCUT2D eigenvalue weighted by atomic mass is 9.77. The number of carbonyl (C=O) groups is 3. The van der Waals surface area contributed by atoms with Crippen molar-refractivity contribution in [2.75, 3.05) is 19.6 Å². The Morgan fingerprint density at radius 2 is 1.81 bits per heavy atom. The van der Waals surface area contributed by atoms with Crippen LogP contribution in [0.3, 0.4) is 0 Å². The van der Waals surface area contributed by atoms with E-state index in [-0.39, 0.29) is 30.2 Å². The van der Waals surface area contributed by atoms with Crippen LogP contribution in [0.5, 0.6) is 0 Å². The zero-order chi connectivity index (χ0) is 20.1. The van der Waals surface area contributed by atoms with Crippen LogP contribution in [0.4, 0.5) is 0 Å². The van der Waals surface area contributed by atoms with Gasteiger partial charge in [-0.2, -0.15) is 0 Å². The summed E-state index contributed by atoms with van der Waals surface area (Å²) >= 11 is 0. The molecular formula is C17H31BN4O5. The van der Waals surface area contributed by atoms with Crippen LogP contribution in [0, 0.1) is 5.92 Å². The van der Waals surface area contributed by atoms with Gasteiger partial charge in [0.2, 0.25) is 17.7 Å². The van der Waals surface area contributed by atoms with Crippen molar-refractivity contribution >= 4 is 24.8 Å². The minimum Gasteiger partial charge on any atom is -0.426 e. The average Bonchev–Trinajstić information content (AvgIpc) is 3.33. The van der Waals surface area contributed by atoms with Crippen molar-refractivity contribution in [3.63, 3.8) is 0 Å². The molecule has 0 aliphatic carbocycles. The standard InChI is InChI=1S/C17H31BN4O5/c1-3-11(2)15(17(25)22-9-5-7-13(22)18(26)27)20-16(24)12-6-4-8-21(12)14(23)10-19/h11-13,15,26-27H,3-10,19H2,1-2H3,(H,20,24)/t11?,12-,13-,15-/m0/s1. The van der Waals surface area contributed by atoms with Gasteiger partial charge in [-0.1, -0.05) is 20.3 Å². The largest absolute Gasteiger partial charge is 0.475 e. The lowest BCUT2D eigenvalue weighted by Crippen LogP contribution is -2.58. The summed E-state index contributed by atoms with van der Waals surface area (Å²) in [4.78, 5) is 40.8. The predicted molar refractivity (Wildman–Crippen MR) is 100 cm³/mol. The molecule has 0 bridgehead atoms. The molecule has 2 heterocycles. The molecule has 0 aromatic carbocycles. The fourth-order valence-electron chi connectivity index (χ4n) is 3.94. The number of nitrogens with one attached hydrogen (secondary N) is 1. The highest BCUT2D eigenvalue weighted by atomic mass is 16.4. The van der Waals surface area contributed by atoms with Crippen molar-refractivity contribution in [2.45, 2.75) is 64.0 Å². The Morgan fingerprint density at radius 1 is 1.19 bits per heavy atom. The molecule has 2 aliphatic rings. The molecule has 9 nitrogen and oxygen atoms in total. The molecule has 2 saturated heterocycles. The van der Waals surface area contributed by atoms with Gasteiger partial charge in [0.15, 0.2) is 0 Å². The van der Waals surface area contributed by atoms with E-state index in [9.17, 15) is 24.4 Å². The average molecular weight is 382 g/mol. The first-order valence-corrected chi connectivity index (χ1v) is 9.78. The van der Waals surface area contributed by atoms with Crippen LogP contribution >= 0.6 is 0 Å². The van der Waals surface area contributed by atoms with Gasteiger partial charge in [0, 0.05) is 13.1 Å². The summed E-state index contributed by atoms with van der Waals surface area (Å²) in [5, 5.41) is 21.9. The molecule has 3 amide bonds. The fraction of sp³-hybridized carbons (Fsp3) is 0.824. The second-order valence-corrected chi connectivity index (χ2v) is 7.48. The van der Waals surface area contributed by atoms with E-state index in [1.165, 1.54) is 9.80 Å². The summed E-state index contributed by atoms with van der Waals surface area (Å²) in [7, 11) is -1.60. The molecule has 0 saturated carbocycles. The number of nitrogens with zero attached hydrogens (tertiary/aromatic N) is 2. The number of hydrogen-bond donors (Lipinski definition) is 4. The molecule has 2 fully saturated rings. The SMILES string of the molecule is CCC(C)[C@H](NC(=O)[C@@H]1CCCN1C(=O)CN)C(=O)N1CCC[C@H]1B(O)O. The van der Waals surface area contributed by atoms with Gasteiger partial charge in [0.1, 0.15) is 12.1 Å². The lowest BCUT2D eigenvalue weighted by Gasteiger charge is -2.33. The molecule has 10 heteroatoms. The Morgan fingerprint density at radius 3 is 2.41 bits per heavy atom. The summed E-state index contributed by atoms with van der Waals surface area (Å²) < 4.78 is 0. The molecule has 4 atom stereocenters. The van der Waals surface area contributed by atoms with Crippen molar-refractivity contribution < 1.29 is 24.4 Å². The molecular weight excluding hydrogens is 351 g/mol. The Labute approximate surface area is 160 Å². The van der Waals surface area contributed by atoms with Crippen LogP contribution in [-0.2, 0) is 14.4 Å². The number of hydrogen-bond acceptors (Lipinski definition) is 6. The minimum absolute atomic E-state index is 0.126. The van der Waals surface area contributed by atoms with Crippen LogP contribution < -0.4 is 11.1 Å². The maximum Gasteiger partial charge on any atom is 0.475 e. The number of nitrogens with two attached hydrogens (primary N) is 1. The smallest absolute Gasteiger partial charge is 0.426 e. The molecule has 0 spiro atoms. The van der Waals surface area contributed by atoms with Gasteiger partial charge < -0.3 is 30.9 Å². The fourth-order valence-corrected chi connectivity index (χ4v) is 3.94. The second kappa shape index (κ2) is 9.52. The molecule has 1 unspecified atom stereocenters. The normalized spacial score (nSPS) is 24.6. The summed E-state index contributed by atoms with van der Waals surface area (Å²) in [6, 6.07) is -1.38. The van der Waals surface area contributed by atoms with E-state index < -0.39 is 25.1 Å². The molecule has 0 radical (unpaired) electrons. The van der Waals surface area contributed by atoms with Gasteiger partial charge in [-0.25, -0.2) is 0 Å². The monoisotopic (exact) mass is 382 g/mol. The minimum atomic E-state index is -1.60. The number of rotatable bonds is 7. The predicted octanol–water partition coefficient (Wildman–Crippen LogP) is -1.53. The van der Waals surface area contributed by atoms with E-state index in [2.05, 4.69) is 5.32 Å². The van der Waals surface area contributed by atoms with Crippen LogP contribution in [0.2, 0.25) is 0 Å². The van der Waals surface area contributed by atoms with Crippen LogP contribution in [0.15, 0.2) is 0 Å². The Bertz CT molecular complexity index is 561. The van der Waals surface area contributed by atoms with Crippen molar-refractivity contribution in [3.8, 4) is 0 Å². The second-order valence-electron chi connectivity index (χ2n) is 7.48. The maximum atomic E-state index is 13.1. The van der Waals surface area contributed by atoms with E-state index in [0.29, 0.717) is 38.8 Å². The van der Waals surface area contributed by atoms with Gasteiger partial charge in [-0.3, -0.25) is 14.4 Å². The summed E-state index contributed by atoms with van der Waals surface area (Å²) in [5.74, 6) is -1.71. The van der Waals surface area contributed by atoms with Crippen molar-refractivity contribution in [3.05, 3.63) is 0 Å². The molecule has 2 aliphatic heterocycles. The van der Waals surface area contributed by atoms with Gasteiger partial charge in [-0.15, -0.1) is 0 Å². The van der Waals surface area contributed by atoms with Gasteiger partial charge >= 0.3 is 7.12 Å². The first-order chi connectivity index (χ1) is 12.8. The number of carbonyl (C=O) groups excluding carboxylic acids is 3. The van der Waals surface area contributed by atoms with Crippen molar-refractivity contribution in [1.29, 1.82) is 0 Å². The molecule has 0 aromatic heterocycles. The van der Waals surface area contributed by atoms with E-state index in [1.807, 2.05) is 13.8 Å². The highest BCUT2D eigenvalue weighted by Crippen LogP contribution is 2.23. The van der Waals surface area contributed by atoms with Crippen molar-refractivity contribution in [2.24, 2.45) is 11.7 Å². The van der Waals surface area contributed by atoms with Crippen LogP contribution in [-0.4, -0.2) is 82.3 Å². The molecule has 5 N–H and O–H groups in total. The first-order valence-electron chi connectivity index (χ1n) is 9.78. The summed E-state index contributed by atoms with van der Waals surface area (Å²) in [5.41, 5.74) is 5.43. The zero-order valence-corrected chi connectivity index (χ0v) is 16.1. The van der Waals surface area contributed by atoms with Crippen LogP contribution in [0.25, 0.3) is 0 Å². The zero-order valence-electron chi connectivity index (χ0n) is 16.1. The molecule has 152 valence electrons. The Balaban J connectivity index is 2.13.